The van der Waals surface area contributed by atoms with Gasteiger partial charge in [0.2, 0.25) is 18.5 Å². The number of nitrogens with one attached hydrogen (secondary N) is 2. The van der Waals surface area contributed by atoms with Gasteiger partial charge in [0.15, 0.2) is 6.10 Å². The topological polar surface area (TPSA) is 424 Å². The predicted octanol–water partition coefficient (Wildman–Crippen LogP) is -4.75. The summed E-state index contributed by atoms with van der Waals surface area (Å²) in [6.07, 6.45) is -15.4. The number of carbonyl (C=O) groups excluding carboxylic acids is 7. The van der Waals surface area contributed by atoms with Gasteiger partial charge in [-0.3, -0.25) is 24.0 Å². The Hall–Kier alpha value is -6.28. The Morgan fingerprint density at radius 1 is 0.671 bits per heavy atom. The number of hydrogen-bond acceptors (Lipinski definition) is 25. The first-order chi connectivity index (χ1) is 34.8. The molecule has 2 aliphatic heterocycles. The van der Waals surface area contributed by atoms with E-state index in [1.807, 2.05) is 0 Å². The van der Waals surface area contributed by atoms with Gasteiger partial charge in [-0.05, 0) is 35.4 Å². The summed E-state index contributed by atoms with van der Waals surface area (Å²) in [5.41, 5.74) is 0.583. The van der Waals surface area contributed by atoms with E-state index in [1.165, 1.54) is 55.1 Å². The van der Waals surface area contributed by atoms with Crippen molar-refractivity contribution in [3.05, 3.63) is 58.7 Å². The van der Waals surface area contributed by atoms with E-state index in [9.17, 15) is 64.5 Å². The summed E-state index contributed by atoms with van der Waals surface area (Å²) in [7, 11) is 0. The number of carboxylic acids is 1. The predicted molar refractivity (Wildman–Crippen MR) is 236 cm³/mol. The van der Waals surface area contributed by atoms with Crippen LogP contribution in [-0.4, -0.2) is 217 Å². The molecule has 0 aliphatic carbocycles. The highest BCUT2D eigenvalue weighted by molar-refractivity contribution is 5.97. The van der Waals surface area contributed by atoms with E-state index < -0.39 is 90.9 Å². The van der Waals surface area contributed by atoms with E-state index in [-0.39, 0.29) is 121 Å². The molecule has 2 aliphatic rings. The molecule has 2 aromatic carbocycles. The Bertz CT molecular complexity index is 2140. The van der Waals surface area contributed by atoms with Crippen molar-refractivity contribution in [2.45, 2.75) is 82.4 Å². The molecule has 2 fully saturated rings. The summed E-state index contributed by atoms with van der Waals surface area (Å²) in [6.45, 7) is 1.29. The maximum Gasteiger partial charge on any atom is 0.373 e. The van der Waals surface area contributed by atoms with Gasteiger partial charge < -0.3 is 98.7 Å². The van der Waals surface area contributed by atoms with Gasteiger partial charge in [-0.15, -0.1) is 0 Å². The van der Waals surface area contributed by atoms with Crippen molar-refractivity contribution in [1.82, 2.24) is 15.5 Å². The zero-order chi connectivity index (χ0) is 54.0. The van der Waals surface area contributed by atoms with Crippen LogP contribution in [0.5, 0.6) is 11.5 Å². The number of carboxylic acid groups (broad SMARTS) is 1. The Morgan fingerprint density at radius 3 is 1.64 bits per heavy atom. The molecule has 0 radical (unpaired) electrons. The number of hydrogen-bond donors (Lipinski definition) is 10. The van der Waals surface area contributed by atoms with E-state index in [0.717, 1.165) is 0 Å². The molecule has 0 saturated carbocycles. The Labute approximate surface area is 415 Å². The maximum absolute atomic E-state index is 13.4. The third kappa shape index (κ3) is 20.3. The van der Waals surface area contributed by atoms with Crippen molar-refractivity contribution in [1.29, 1.82) is 0 Å². The number of aliphatic hydroxyl groups is 6. The molecule has 3 amide bonds. The number of ether oxygens (including phenoxy) is 9. The number of rotatable bonds is 28. The van der Waals surface area contributed by atoms with Crippen molar-refractivity contribution in [3.63, 3.8) is 0 Å². The molecule has 0 aromatic heterocycles. The highest BCUT2D eigenvalue weighted by Crippen LogP contribution is 2.29. The van der Waals surface area contributed by atoms with Crippen molar-refractivity contribution in [2.75, 3.05) is 79.0 Å². The van der Waals surface area contributed by atoms with Gasteiger partial charge in [-0.2, -0.15) is 9.59 Å². The monoisotopic (exact) mass is 1040 g/mol. The minimum Gasteiger partial charge on any atom is -0.479 e. The van der Waals surface area contributed by atoms with Crippen LogP contribution >= 0.6 is 0 Å². The molecular weight excluding hydrogens is 984 g/mol. The van der Waals surface area contributed by atoms with E-state index >= 15 is 0 Å². The molecule has 2 aromatic rings. The van der Waals surface area contributed by atoms with Gasteiger partial charge >= 0.3 is 24.1 Å². The fraction of sp³-hybridized carbons (Fsp3) is 0.568. The van der Waals surface area contributed by atoms with Gasteiger partial charge in [0.25, 0.3) is 11.8 Å². The molecule has 0 bridgehead atoms. The lowest BCUT2D eigenvalue weighted by atomic mass is 9.99. The third-order valence-corrected chi connectivity index (χ3v) is 10.2. The second-order valence-corrected chi connectivity index (χ2v) is 15.6. The first-order valence-corrected chi connectivity index (χ1v) is 22.2. The minimum absolute atomic E-state index is 0.00124. The average Bonchev–Trinajstić information content (AvgIpc) is 3.35. The van der Waals surface area contributed by atoms with E-state index in [0.29, 0.717) is 11.1 Å². The van der Waals surface area contributed by atoms with Crippen molar-refractivity contribution in [2.24, 2.45) is 5.90 Å². The Balaban J connectivity index is 0.00000457. The molecule has 9 atom stereocenters. The number of amides is 3. The highest BCUT2D eigenvalue weighted by Gasteiger charge is 2.48. The quantitative estimate of drug-likeness (QED) is 0.0217. The smallest absolute Gasteiger partial charge is 0.373 e. The summed E-state index contributed by atoms with van der Waals surface area (Å²) in [6, 6.07) is 8.32. The maximum atomic E-state index is 13.4. The van der Waals surface area contributed by atoms with Crippen LogP contribution in [0.4, 0.5) is 0 Å². The fourth-order valence-electron chi connectivity index (χ4n) is 6.48. The number of nitrogens with zero attached hydrogens (tertiary/aromatic N) is 1. The van der Waals surface area contributed by atoms with Crippen molar-refractivity contribution < 1.29 is 122 Å². The van der Waals surface area contributed by atoms with Crippen LogP contribution in [0.25, 0.3) is 0 Å². The molecule has 29 heteroatoms. The van der Waals surface area contributed by atoms with E-state index in [4.69, 9.17) is 58.1 Å². The zero-order valence-electron chi connectivity index (χ0n) is 39.6. The lowest BCUT2D eigenvalue weighted by molar-refractivity contribution is -0.271. The van der Waals surface area contributed by atoms with Crippen molar-refractivity contribution in [3.8, 4) is 11.5 Å². The first kappa shape index (κ1) is 61.0. The van der Waals surface area contributed by atoms with E-state index in [1.54, 1.807) is 0 Å². The zero-order valence-corrected chi connectivity index (χ0v) is 39.6. The molecule has 11 N–H and O–H groups in total. The van der Waals surface area contributed by atoms with Gasteiger partial charge in [0.1, 0.15) is 67.9 Å². The van der Waals surface area contributed by atoms with Gasteiger partial charge in [-0.1, -0.05) is 12.1 Å². The van der Waals surface area contributed by atoms with Crippen LogP contribution in [-0.2, 0) is 80.0 Å². The second kappa shape index (κ2) is 32.0. The summed E-state index contributed by atoms with van der Waals surface area (Å²) in [4.78, 5) is 96.3. The summed E-state index contributed by atoms with van der Waals surface area (Å²) in [5.74, 6) is 0.130. The van der Waals surface area contributed by atoms with Crippen LogP contribution in [0.1, 0.15) is 45.7 Å². The molecule has 0 spiro atoms. The first-order valence-electron chi connectivity index (χ1n) is 22.2. The van der Waals surface area contributed by atoms with Gasteiger partial charge in [0, 0.05) is 40.0 Å². The van der Waals surface area contributed by atoms with Gasteiger partial charge in [-0.25, -0.2) is 10.7 Å². The lowest BCUT2D eigenvalue weighted by Crippen LogP contribution is -2.61. The van der Waals surface area contributed by atoms with Gasteiger partial charge in [0.05, 0.1) is 57.4 Å². The number of carbonyl (C=O) groups is 6. The number of nitrogens with two attached hydrogens (primary N) is 1. The summed E-state index contributed by atoms with van der Waals surface area (Å²) < 4.78 is 48.6. The molecule has 0 unspecified atom stereocenters. The molecule has 29 nitrogen and oxygen atoms in total. The second-order valence-electron chi connectivity index (χ2n) is 15.6. The largest absolute Gasteiger partial charge is 0.479 e. The normalized spacial score (nSPS) is 22.3. The molecular formula is C44H60N4O25. The molecule has 4 rings (SSSR count). The third-order valence-electron chi connectivity index (χ3n) is 10.2. The molecule has 406 valence electrons. The van der Waals surface area contributed by atoms with Crippen molar-refractivity contribution >= 4 is 41.8 Å². The van der Waals surface area contributed by atoms with Crippen LogP contribution in [0.15, 0.2) is 36.4 Å². The average molecular weight is 1040 g/mol. The van der Waals surface area contributed by atoms with Crippen LogP contribution in [0.3, 0.4) is 0 Å². The lowest BCUT2D eigenvalue weighted by Gasteiger charge is -2.38. The molecule has 73 heavy (non-hydrogen) atoms. The van der Waals surface area contributed by atoms with Crippen LogP contribution < -0.4 is 26.0 Å². The number of benzene rings is 2. The Kier molecular flexibility index (Phi) is 26.8. The minimum atomic E-state index is -1.98. The number of aliphatic carboxylic acids is 1. The molecule has 2 saturated heterocycles. The standard InChI is InChI=1S/C43H60N4O23.CO2/c1-23(48)64-19-25-3-5-30(68-42-36(55)33(52)29(50)21-66-42)27(17-25)39(57)45-7-11-61-13-9-47(32(51)22-63-15-16-67-44)10-14-62-12-8-46-40(58)28-18-26(20-65-24(2)49)4-6-31(28)69-43-37(56)34(53)35(54)38(70-43)41(59)60;2-1-3/h3-6,17-18,29,33-38,42-43,50,52-56H,7-16,19-22,44H2,1-2H3,(H,45,57)(H,46,58)(H,59,60);/t29-,33+,34+,35+,36-,37-,38+,42+,43-;/m1./s1. The molecule has 2 heterocycles. The Morgan fingerprint density at radius 2 is 1.16 bits per heavy atom. The van der Waals surface area contributed by atoms with Crippen LogP contribution in [0.2, 0.25) is 0 Å². The number of esters is 2. The summed E-state index contributed by atoms with van der Waals surface area (Å²) >= 11 is 0. The van der Waals surface area contributed by atoms with E-state index in [2.05, 4.69) is 15.5 Å². The van der Waals surface area contributed by atoms with Crippen LogP contribution in [0, 0.1) is 0 Å². The highest BCUT2D eigenvalue weighted by atomic mass is 16.7. The SMILES string of the molecule is CC(=O)OCc1ccc(O[C@@H]2O[C@H](C(=O)O)[C@@H](O)[C@H](O)[C@H]2O)c(C(=O)NCCOCCN(CCOCCNC(=O)c2cc(COC(C)=O)ccc2O[C@@H]2OC[C@@H](O)[C@H](O)[C@H]2O)C(=O)COCCON)c1.O=C=O. The summed E-state index contributed by atoms with van der Waals surface area (Å²) in [5, 5.41) is 75.7. The fourth-order valence-corrected chi connectivity index (χ4v) is 6.48. The number of aliphatic hydroxyl groups excluding tert-OH is 6.